The molecule has 0 saturated carbocycles. The third-order valence-corrected chi connectivity index (χ3v) is 7.06. The van der Waals surface area contributed by atoms with E-state index in [1.54, 1.807) is 22.7 Å². The van der Waals surface area contributed by atoms with Crippen molar-refractivity contribution in [3.63, 3.8) is 0 Å². The Morgan fingerprint density at radius 2 is 1.92 bits per heavy atom. The Morgan fingerprint density at radius 1 is 1.19 bits per heavy atom. The van der Waals surface area contributed by atoms with Gasteiger partial charge in [0.2, 0.25) is 5.91 Å². The molecule has 0 aliphatic carbocycles. The second-order valence-electron chi connectivity index (χ2n) is 7.97. The number of benzene rings is 1. The summed E-state index contributed by atoms with van der Waals surface area (Å²) in [6, 6.07) is 14.3. The van der Waals surface area contributed by atoms with Crippen molar-refractivity contribution in [1.82, 2.24) is 15.2 Å². The quantitative estimate of drug-likeness (QED) is 0.472. The van der Waals surface area contributed by atoms with E-state index in [4.69, 9.17) is 14.6 Å². The number of halogens is 3. The van der Waals surface area contributed by atoms with Gasteiger partial charge in [0.25, 0.3) is 0 Å². The molecule has 36 heavy (non-hydrogen) atoms. The number of aliphatic carboxylic acids is 1. The molecule has 3 heterocycles. The number of thiophene rings is 1. The fourth-order valence-corrected chi connectivity index (χ4v) is 5.02. The molecule has 194 valence electrons. The highest BCUT2D eigenvalue weighted by molar-refractivity contribution is 7.10. The number of carbonyl (C=O) groups excluding carboxylic acids is 1. The van der Waals surface area contributed by atoms with Crippen molar-refractivity contribution >= 4 is 34.6 Å². The monoisotopic (exact) mass is 541 g/mol. The van der Waals surface area contributed by atoms with E-state index in [-0.39, 0.29) is 17.9 Å². The van der Waals surface area contributed by atoms with E-state index in [1.807, 2.05) is 42.6 Å². The number of thiazole rings is 1. The molecule has 2 N–H and O–H groups in total. The molecule has 1 aliphatic rings. The van der Waals surface area contributed by atoms with Crippen LogP contribution in [0.5, 0.6) is 0 Å². The second-order valence-corrected chi connectivity index (χ2v) is 10.1. The molecular weight excluding hydrogens is 515 g/mol. The average molecular weight is 542 g/mol. The van der Waals surface area contributed by atoms with Gasteiger partial charge >= 0.3 is 12.1 Å². The van der Waals surface area contributed by atoms with Crippen LogP contribution in [0, 0.1) is 12.8 Å². The molecule has 12 heteroatoms. The molecule has 7 nitrogen and oxygen atoms in total. The molecule has 1 amide bonds. The molecule has 1 aromatic carbocycles. The predicted molar refractivity (Wildman–Crippen MR) is 131 cm³/mol. The van der Waals surface area contributed by atoms with Gasteiger partial charge in [-0.2, -0.15) is 13.2 Å². The van der Waals surface area contributed by atoms with Crippen LogP contribution in [0.15, 0.2) is 53.2 Å². The van der Waals surface area contributed by atoms with Crippen LogP contribution in [0.1, 0.15) is 27.2 Å². The predicted octanol–water partition coefficient (Wildman–Crippen LogP) is 4.65. The first-order chi connectivity index (χ1) is 17.1. The van der Waals surface area contributed by atoms with Gasteiger partial charge in [0.15, 0.2) is 0 Å². The fraction of sp³-hybridized carbons (Fsp3) is 0.375. The summed E-state index contributed by atoms with van der Waals surface area (Å²) in [6.45, 7) is 5.09. The number of nitrogens with one attached hydrogen (secondary N) is 1. The number of carboxylic acid groups (broad SMARTS) is 1. The minimum absolute atomic E-state index is 0.0358. The lowest BCUT2D eigenvalue weighted by Gasteiger charge is -2.33. The molecule has 2 aromatic heterocycles. The van der Waals surface area contributed by atoms with Crippen LogP contribution in [0.4, 0.5) is 13.2 Å². The molecule has 0 radical (unpaired) electrons. The Kier molecular flexibility index (Phi) is 9.99. The topological polar surface area (TPSA) is 91.8 Å². The van der Waals surface area contributed by atoms with Crippen LogP contribution in [-0.4, -0.2) is 52.8 Å². The molecule has 4 rings (SSSR count). The van der Waals surface area contributed by atoms with Crippen LogP contribution in [0.25, 0.3) is 0 Å². The Labute approximate surface area is 214 Å². The SMILES string of the molecule is Cc1nc(CN2CCOC[C@@H](C(=O)NCc3cccs3)[C@@H]2c2ccccc2)cs1.O=C(O)C(F)(F)F. The summed E-state index contributed by atoms with van der Waals surface area (Å²) in [5, 5.41) is 15.4. The Bertz CT molecular complexity index is 1110. The van der Waals surface area contributed by atoms with Gasteiger partial charge in [-0.3, -0.25) is 9.69 Å². The van der Waals surface area contributed by atoms with E-state index in [2.05, 4.69) is 32.7 Å². The maximum absolute atomic E-state index is 13.2. The lowest BCUT2D eigenvalue weighted by molar-refractivity contribution is -0.192. The van der Waals surface area contributed by atoms with E-state index >= 15 is 0 Å². The molecule has 1 saturated heterocycles. The number of aryl methyl sites for hydroxylation is 1. The van der Waals surface area contributed by atoms with Gasteiger partial charge in [-0.1, -0.05) is 36.4 Å². The number of amides is 1. The van der Waals surface area contributed by atoms with Crippen LogP contribution < -0.4 is 5.32 Å². The summed E-state index contributed by atoms with van der Waals surface area (Å²) in [7, 11) is 0. The molecule has 3 aromatic rings. The zero-order chi connectivity index (χ0) is 26.1. The molecule has 0 bridgehead atoms. The molecule has 1 aliphatic heterocycles. The van der Waals surface area contributed by atoms with E-state index in [9.17, 15) is 18.0 Å². The number of alkyl halides is 3. The van der Waals surface area contributed by atoms with Crippen LogP contribution >= 0.6 is 22.7 Å². The van der Waals surface area contributed by atoms with Crippen molar-refractivity contribution in [2.24, 2.45) is 5.92 Å². The van der Waals surface area contributed by atoms with Crippen LogP contribution in [0.2, 0.25) is 0 Å². The first-order valence-electron chi connectivity index (χ1n) is 11.0. The number of rotatable bonds is 6. The maximum Gasteiger partial charge on any atom is 0.490 e. The maximum atomic E-state index is 13.2. The fourth-order valence-electron chi connectivity index (χ4n) is 3.77. The zero-order valence-corrected chi connectivity index (χ0v) is 21.0. The Hall–Kier alpha value is -2.80. The standard InChI is InChI=1S/C22H25N3O2S2.C2HF3O2/c1-16-24-18(15-29-16)13-25-9-10-27-14-20(21(25)17-6-3-2-4-7-17)22(26)23-12-19-8-5-11-28-19;3-2(4,5)1(6)7/h2-8,11,15,20-21H,9-10,12-14H2,1H3,(H,23,26);(H,6,7)/t20-,21+;/m1./s1. The van der Waals surface area contributed by atoms with E-state index < -0.39 is 12.1 Å². The largest absolute Gasteiger partial charge is 0.490 e. The summed E-state index contributed by atoms with van der Waals surface area (Å²) < 4.78 is 37.6. The number of ether oxygens (including phenoxy) is 1. The number of carbonyl (C=O) groups is 2. The number of carboxylic acids is 1. The van der Waals surface area contributed by atoms with Gasteiger partial charge in [-0.25, -0.2) is 9.78 Å². The summed E-state index contributed by atoms with van der Waals surface area (Å²) in [6.07, 6.45) is -5.08. The summed E-state index contributed by atoms with van der Waals surface area (Å²) in [4.78, 5) is 30.2. The van der Waals surface area contributed by atoms with Gasteiger partial charge in [0.1, 0.15) is 0 Å². The number of hydrogen-bond acceptors (Lipinski definition) is 7. The smallest absolute Gasteiger partial charge is 0.475 e. The van der Waals surface area contributed by atoms with Gasteiger partial charge in [-0.15, -0.1) is 22.7 Å². The van der Waals surface area contributed by atoms with Crippen LogP contribution in [0.3, 0.4) is 0 Å². The van der Waals surface area contributed by atoms with Gasteiger partial charge in [0, 0.05) is 29.4 Å². The molecule has 2 atom stereocenters. The second kappa shape index (κ2) is 12.9. The first kappa shape index (κ1) is 27.8. The van der Waals surface area contributed by atoms with E-state index in [0.29, 0.717) is 26.3 Å². The number of nitrogens with zero attached hydrogens (tertiary/aromatic N) is 2. The summed E-state index contributed by atoms with van der Waals surface area (Å²) in [5.74, 6) is -3.00. The molecule has 0 unspecified atom stereocenters. The normalized spacial score (nSPS) is 18.6. The van der Waals surface area contributed by atoms with Gasteiger partial charge < -0.3 is 15.2 Å². The Morgan fingerprint density at radius 3 is 2.50 bits per heavy atom. The van der Waals surface area contributed by atoms with Crippen molar-refractivity contribution in [2.45, 2.75) is 32.2 Å². The summed E-state index contributed by atoms with van der Waals surface area (Å²) >= 11 is 3.32. The molecular formula is C24H26F3N3O4S2. The highest BCUT2D eigenvalue weighted by Gasteiger charge is 2.38. The lowest BCUT2D eigenvalue weighted by atomic mass is 9.91. The van der Waals surface area contributed by atoms with Crippen LogP contribution in [-0.2, 0) is 27.4 Å². The number of aromatic nitrogens is 1. The lowest BCUT2D eigenvalue weighted by Crippen LogP contribution is -2.41. The molecule has 0 spiro atoms. The van der Waals surface area contributed by atoms with Crippen molar-refractivity contribution in [1.29, 1.82) is 0 Å². The Balaban J connectivity index is 0.000000454. The minimum Gasteiger partial charge on any atom is -0.475 e. The zero-order valence-electron chi connectivity index (χ0n) is 19.4. The molecule has 1 fully saturated rings. The van der Waals surface area contributed by atoms with Gasteiger partial charge in [-0.05, 0) is 23.9 Å². The van der Waals surface area contributed by atoms with E-state index in [0.717, 1.165) is 27.7 Å². The van der Waals surface area contributed by atoms with E-state index in [1.165, 1.54) is 0 Å². The average Bonchev–Trinajstić information content (AvgIpc) is 3.46. The van der Waals surface area contributed by atoms with Crippen molar-refractivity contribution in [2.75, 3.05) is 19.8 Å². The first-order valence-corrected chi connectivity index (χ1v) is 12.8. The third kappa shape index (κ3) is 8.12. The van der Waals surface area contributed by atoms with Crippen molar-refractivity contribution in [3.05, 3.63) is 74.4 Å². The minimum atomic E-state index is -5.08. The van der Waals surface area contributed by atoms with Gasteiger partial charge in [0.05, 0.1) is 36.4 Å². The highest BCUT2D eigenvalue weighted by Crippen LogP contribution is 2.33. The third-order valence-electron chi connectivity index (χ3n) is 5.36. The number of hydrogen-bond donors (Lipinski definition) is 2. The van der Waals surface area contributed by atoms with Crippen molar-refractivity contribution < 1.29 is 32.6 Å². The summed E-state index contributed by atoms with van der Waals surface area (Å²) in [5.41, 5.74) is 2.19. The highest BCUT2D eigenvalue weighted by atomic mass is 32.1. The van der Waals surface area contributed by atoms with Crippen molar-refractivity contribution in [3.8, 4) is 0 Å².